The fourth-order valence-corrected chi connectivity index (χ4v) is 3.62. The largest absolute Gasteiger partial charge is 0.370 e. The number of guanidine groups is 1. The van der Waals surface area contributed by atoms with E-state index in [-0.39, 0.29) is 0 Å². The van der Waals surface area contributed by atoms with Crippen LogP contribution in [0.1, 0.15) is 65.2 Å². The number of nitrogens with one attached hydrogen (secondary N) is 1. The van der Waals surface area contributed by atoms with Crippen LogP contribution in [0.2, 0.25) is 0 Å². The predicted octanol–water partition coefficient (Wildman–Crippen LogP) is 2.73. The molecule has 0 spiro atoms. The summed E-state index contributed by atoms with van der Waals surface area (Å²) in [4.78, 5) is 7.19. The van der Waals surface area contributed by atoms with Crippen LogP contribution in [0.15, 0.2) is 4.99 Å². The Bertz CT molecular complexity index is 319. The molecule has 1 atom stereocenters. The summed E-state index contributed by atoms with van der Waals surface area (Å²) in [7, 11) is 0. The van der Waals surface area contributed by atoms with E-state index in [4.69, 9.17) is 5.73 Å². The minimum Gasteiger partial charge on any atom is -0.370 e. The SMILES string of the molecule is CC(C)N1CCCC(CN=C(N)NC2CCCCCC2)C1. The van der Waals surface area contributed by atoms with E-state index < -0.39 is 0 Å². The Morgan fingerprint density at radius 2 is 1.86 bits per heavy atom. The summed E-state index contributed by atoms with van der Waals surface area (Å²) in [6.45, 7) is 7.88. The molecule has 1 saturated carbocycles. The molecule has 0 aromatic rings. The molecule has 1 unspecified atom stereocenters. The van der Waals surface area contributed by atoms with Gasteiger partial charge in [0.1, 0.15) is 0 Å². The second-order valence-corrected chi connectivity index (χ2v) is 7.16. The molecule has 1 aliphatic heterocycles. The summed E-state index contributed by atoms with van der Waals surface area (Å²) in [6.07, 6.45) is 10.5. The van der Waals surface area contributed by atoms with Crippen molar-refractivity contribution < 1.29 is 0 Å². The molecule has 21 heavy (non-hydrogen) atoms. The van der Waals surface area contributed by atoms with Gasteiger partial charge in [0.05, 0.1) is 0 Å². The Morgan fingerprint density at radius 1 is 1.14 bits per heavy atom. The molecule has 0 amide bonds. The number of hydrogen-bond donors (Lipinski definition) is 2. The van der Waals surface area contributed by atoms with Gasteiger partial charge in [-0.25, -0.2) is 0 Å². The van der Waals surface area contributed by atoms with Crippen LogP contribution in [0.5, 0.6) is 0 Å². The molecule has 1 aliphatic carbocycles. The van der Waals surface area contributed by atoms with Crippen molar-refractivity contribution in [3.63, 3.8) is 0 Å². The molecule has 122 valence electrons. The fourth-order valence-electron chi connectivity index (χ4n) is 3.62. The van der Waals surface area contributed by atoms with Gasteiger partial charge in [-0.15, -0.1) is 0 Å². The molecule has 0 bridgehead atoms. The summed E-state index contributed by atoms with van der Waals surface area (Å²) >= 11 is 0. The Morgan fingerprint density at radius 3 is 2.52 bits per heavy atom. The molecular weight excluding hydrogens is 260 g/mol. The number of nitrogens with two attached hydrogens (primary N) is 1. The normalized spacial score (nSPS) is 26.8. The third-order valence-corrected chi connectivity index (χ3v) is 5.01. The molecule has 0 aromatic heterocycles. The zero-order valence-corrected chi connectivity index (χ0v) is 14.0. The summed E-state index contributed by atoms with van der Waals surface area (Å²) in [6, 6.07) is 1.20. The second kappa shape index (κ2) is 8.62. The monoisotopic (exact) mass is 294 g/mol. The lowest BCUT2D eigenvalue weighted by Crippen LogP contribution is -2.42. The quantitative estimate of drug-likeness (QED) is 0.476. The van der Waals surface area contributed by atoms with Gasteiger partial charge in [0.15, 0.2) is 5.96 Å². The lowest BCUT2D eigenvalue weighted by molar-refractivity contribution is 0.143. The van der Waals surface area contributed by atoms with E-state index in [0.717, 1.165) is 6.54 Å². The summed E-state index contributed by atoms with van der Waals surface area (Å²) in [5, 5.41) is 3.45. The molecule has 0 radical (unpaired) electrons. The van der Waals surface area contributed by atoms with Crippen LogP contribution in [0.25, 0.3) is 0 Å². The molecule has 2 fully saturated rings. The van der Waals surface area contributed by atoms with Crippen molar-refractivity contribution in [3.8, 4) is 0 Å². The average molecular weight is 294 g/mol. The number of aliphatic imine (C=N–C) groups is 1. The number of rotatable bonds is 4. The van der Waals surface area contributed by atoms with Gasteiger partial charge in [0.2, 0.25) is 0 Å². The Kier molecular flexibility index (Phi) is 6.81. The lowest BCUT2D eigenvalue weighted by Gasteiger charge is -2.34. The van der Waals surface area contributed by atoms with Crippen molar-refractivity contribution in [2.45, 2.75) is 77.3 Å². The molecular formula is C17H34N4. The van der Waals surface area contributed by atoms with Crippen LogP contribution < -0.4 is 11.1 Å². The van der Waals surface area contributed by atoms with E-state index in [0.29, 0.717) is 24.0 Å². The number of nitrogens with zero attached hydrogens (tertiary/aromatic N) is 2. The molecule has 2 aliphatic rings. The van der Waals surface area contributed by atoms with Gasteiger partial charge in [-0.05, 0) is 52.0 Å². The second-order valence-electron chi connectivity index (χ2n) is 7.16. The van der Waals surface area contributed by atoms with Gasteiger partial charge in [0, 0.05) is 25.2 Å². The van der Waals surface area contributed by atoms with E-state index in [2.05, 4.69) is 29.1 Å². The maximum Gasteiger partial charge on any atom is 0.188 e. The molecule has 4 nitrogen and oxygen atoms in total. The highest BCUT2D eigenvalue weighted by molar-refractivity contribution is 5.78. The van der Waals surface area contributed by atoms with E-state index in [1.807, 2.05) is 0 Å². The summed E-state index contributed by atoms with van der Waals surface area (Å²) in [5.41, 5.74) is 6.09. The van der Waals surface area contributed by atoms with Crippen LogP contribution in [0.4, 0.5) is 0 Å². The number of hydrogen-bond acceptors (Lipinski definition) is 2. The van der Waals surface area contributed by atoms with Crippen LogP contribution in [-0.4, -0.2) is 42.6 Å². The van der Waals surface area contributed by atoms with Gasteiger partial charge in [-0.2, -0.15) is 0 Å². The summed E-state index contributed by atoms with van der Waals surface area (Å²) in [5.74, 6) is 1.35. The smallest absolute Gasteiger partial charge is 0.188 e. The fraction of sp³-hybridized carbons (Fsp3) is 0.941. The Hall–Kier alpha value is -0.770. The molecule has 0 aromatic carbocycles. The maximum atomic E-state index is 6.09. The Balaban J connectivity index is 1.74. The van der Waals surface area contributed by atoms with E-state index in [1.54, 1.807) is 0 Å². The van der Waals surface area contributed by atoms with E-state index in [1.165, 1.54) is 64.5 Å². The van der Waals surface area contributed by atoms with Gasteiger partial charge in [-0.3, -0.25) is 4.99 Å². The van der Waals surface area contributed by atoms with Gasteiger partial charge in [-0.1, -0.05) is 25.7 Å². The topological polar surface area (TPSA) is 53.6 Å². The first-order valence-electron chi connectivity index (χ1n) is 8.95. The van der Waals surface area contributed by atoms with E-state index in [9.17, 15) is 0 Å². The van der Waals surface area contributed by atoms with Crippen molar-refractivity contribution in [3.05, 3.63) is 0 Å². The molecule has 1 saturated heterocycles. The third kappa shape index (κ3) is 5.85. The Labute approximate surface area is 130 Å². The van der Waals surface area contributed by atoms with Crippen LogP contribution in [-0.2, 0) is 0 Å². The highest BCUT2D eigenvalue weighted by Crippen LogP contribution is 2.19. The van der Waals surface area contributed by atoms with Crippen molar-refractivity contribution in [2.24, 2.45) is 16.6 Å². The predicted molar refractivity (Wildman–Crippen MR) is 90.5 cm³/mol. The van der Waals surface area contributed by atoms with Crippen molar-refractivity contribution in [1.82, 2.24) is 10.2 Å². The van der Waals surface area contributed by atoms with Crippen LogP contribution in [0.3, 0.4) is 0 Å². The van der Waals surface area contributed by atoms with E-state index >= 15 is 0 Å². The molecule has 4 heteroatoms. The minimum absolute atomic E-state index is 0.551. The third-order valence-electron chi connectivity index (χ3n) is 5.01. The zero-order chi connectivity index (χ0) is 15.1. The molecule has 3 N–H and O–H groups in total. The maximum absolute atomic E-state index is 6.09. The first kappa shape index (κ1) is 16.6. The first-order valence-corrected chi connectivity index (χ1v) is 8.95. The van der Waals surface area contributed by atoms with Crippen molar-refractivity contribution in [2.75, 3.05) is 19.6 Å². The zero-order valence-electron chi connectivity index (χ0n) is 14.0. The highest BCUT2D eigenvalue weighted by Gasteiger charge is 2.21. The molecule has 1 heterocycles. The highest BCUT2D eigenvalue weighted by atomic mass is 15.2. The number of piperidine rings is 1. The van der Waals surface area contributed by atoms with Crippen LogP contribution >= 0.6 is 0 Å². The van der Waals surface area contributed by atoms with Gasteiger partial charge < -0.3 is 16.0 Å². The standard InChI is InChI=1S/C17H34N4/c1-14(2)21-11-7-8-15(13-21)12-19-17(18)20-16-9-5-3-4-6-10-16/h14-16H,3-13H2,1-2H3,(H3,18,19,20). The molecule has 2 rings (SSSR count). The average Bonchev–Trinajstić information content (AvgIpc) is 2.74. The van der Waals surface area contributed by atoms with Gasteiger partial charge in [0.25, 0.3) is 0 Å². The number of likely N-dealkylation sites (tertiary alicyclic amines) is 1. The first-order chi connectivity index (χ1) is 10.1. The summed E-state index contributed by atoms with van der Waals surface area (Å²) < 4.78 is 0. The minimum atomic E-state index is 0.551. The lowest BCUT2D eigenvalue weighted by atomic mass is 9.97. The van der Waals surface area contributed by atoms with Crippen molar-refractivity contribution >= 4 is 5.96 Å². The van der Waals surface area contributed by atoms with Gasteiger partial charge >= 0.3 is 0 Å². The van der Waals surface area contributed by atoms with Crippen molar-refractivity contribution in [1.29, 1.82) is 0 Å². The van der Waals surface area contributed by atoms with Crippen LogP contribution in [0, 0.1) is 5.92 Å².